The van der Waals surface area contributed by atoms with E-state index in [9.17, 15) is 22.4 Å². The summed E-state index contributed by atoms with van der Waals surface area (Å²) in [6, 6.07) is 1.61. The number of carboxylic acids is 1. The van der Waals surface area contributed by atoms with Gasteiger partial charge < -0.3 is 5.11 Å². The molecule has 0 unspecified atom stereocenters. The van der Waals surface area contributed by atoms with Crippen LogP contribution in [0.25, 0.3) is 0 Å². The van der Waals surface area contributed by atoms with Gasteiger partial charge in [0.1, 0.15) is 5.82 Å². The molecule has 2 nitrogen and oxygen atoms in total. The summed E-state index contributed by atoms with van der Waals surface area (Å²) in [7, 11) is 0. The van der Waals surface area contributed by atoms with Gasteiger partial charge in [0.05, 0.1) is 16.5 Å². The molecule has 0 aliphatic rings. The van der Waals surface area contributed by atoms with Crippen molar-refractivity contribution in [1.82, 2.24) is 0 Å². The largest absolute Gasteiger partial charge is 0.481 e. The van der Waals surface area contributed by atoms with Gasteiger partial charge in [-0.3, -0.25) is 4.79 Å². The fraction of sp³-hybridized carbons (Fsp3) is 0.222. The van der Waals surface area contributed by atoms with Crippen molar-refractivity contribution in [3.05, 3.63) is 33.5 Å². The van der Waals surface area contributed by atoms with E-state index in [1.807, 2.05) is 0 Å². The molecule has 0 atom stereocenters. The number of halogens is 5. The van der Waals surface area contributed by atoms with Crippen LogP contribution in [0.2, 0.25) is 0 Å². The van der Waals surface area contributed by atoms with Gasteiger partial charge in [-0.05, 0) is 27.6 Å². The lowest BCUT2D eigenvalue weighted by Gasteiger charge is -2.13. The molecule has 0 radical (unpaired) electrons. The lowest BCUT2D eigenvalue weighted by Crippen LogP contribution is -2.14. The van der Waals surface area contributed by atoms with Crippen LogP contribution in [-0.2, 0) is 17.4 Å². The monoisotopic (exact) mass is 300 g/mol. The van der Waals surface area contributed by atoms with Gasteiger partial charge in [-0.1, -0.05) is 6.07 Å². The average molecular weight is 301 g/mol. The van der Waals surface area contributed by atoms with Crippen molar-refractivity contribution >= 4 is 21.9 Å². The van der Waals surface area contributed by atoms with Gasteiger partial charge in [0.25, 0.3) is 0 Å². The minimum atomic E-state index is -4.80. The molecule has 0 bridgehead atoms. The van der Waals surface area contributed by atoms with E-state index < -0.39 is 40.0 Å². The second kappa shape index (κ2) is 4.40. The maximum Gasteiger partial charge on any atom is 0.417 e. The summed E-state index contributed by atoms with van der Waals surface area (Å²) in [6.45, 7) is 0. The van der Waals surface area contributed by atoms with Crippen LogP contribution in [0, 0.1) is 5.82 Å². The van der Waals surface area contributed by atoms with Gasteiger partial charge in [-0.25, -0.2) is 4.39 Å². The van der Waals surface area contributed by atoms with Crippen molar-refractivity contribution in [3.63, 3.8) is 0 Å². The standard InChI is InChI=1S/C9H5BrF4O2/c10-8-5(11)2-1-4(3-6(15)16)7(8)9(12,13)14/h1-2H,3H2,(H,15,16). The van der Waals surface area contributed by atoms with Crippen LogP contribution in [-0.4, -0.2) is 11.1 Å². The van der Waals surface area contributed by atoms with Crippen LogP contribution in [0.3, 0.4) is 0 Å². The highest BCUT2D eigenvalue weighted by atomic mass is 79.9. The Morgan fingerprint density at radius 3 is 2.38 bits per heavy atom. The summed E-state index contributed by atoms with van der Waals surface area (Å²) in [6.07, 6.45) is -5.61. The Labute approximate surface area is 96.0 Å². The van der Waals surface area contributed by atoms with Crippen LogP contribution in [0.15, 0.2) is 16.6 Å². The predicted molar refractivity (Wildman–Crippen MR) is 50.4 cm³/mol. The summed E-state index contributed by atoms with van der Waals surface area (Å²) in [4.78, 5) is 10.4. The molecule has 0 saturated carbocycles. The number of carbonyl (C=O) groups is 1. The Morgan fingerprint density at radius 2 is 1.94 bits per heavy atom. The van der Waals surface area contributed by atoms with E-state index >= 15 is 0 Å². The first-order valence-electron chi connectivity index (χ1n) is 3.99. The van der Waals surface area contributed by atoms with E-state index in [2.05, 4.69) is 15.9 Å². The zero-order valence-corrected chi connectivity index (χ0v) is 9.19. The van der Waals surface area contributed by atoms with E-state index in [0.717, 1.165) is 12.1 Å². The van der Waals surface area contributed by atoms with E-state index in [4.69, 9.17) is 5.11 Å². The van der Waals surface area contributed by atoms with Crippen molar-refractivity contribution in [3.8, 4) is 0 Å². The first-order chi connectivity index (χ1) is 7.23. The molecule has 1 aromatic carbocycles. The number of aliphatic carboxylic acids is 1. The first-order valence-corrected chi connectivity index (χ1v) is 4.78. The van der Waals surface area contributed by atoms with Crippen LogP contribution in [0.4, 0.5) is 17.6 Å². The van der Waals surface area contributed by atoms with E-state index in [-0.39, 0.29) is 0 Å². The SMILES string of the molecule is O=C(O)Cc1ccc(F)c(Br)c1C(F)(F)F. The van der Waals surface area contributed by atoms with Crippen LogP contribution in [0.5, 0.6) is 0 Å². The minimum Gasteiger partial charge on any atom is -0.481 e. The highest BCUT2D eigenvalue weighted by Crippen LogP contribution is 2.38. The van der Waals surface area contributed by atoms with E-state index in [1.165, 1.54) is 0 Å². The molecule has 0 saturated heterocycles. The van der Waals surface area contributed by atoms with Crippen LogP contribution < -0.4 is 0 Å². The molecule has 0 aromatic heterocycles. The summed E-state index contributed by atoms with van der Waals surface area (Å²) in [5.74, 6) is -2.49. The number of rotatable bonds is 2. The number of benzene rings is 1. The average Bonchev–Trinajstić information content (AvgIpc) is 2.08. The third-order valence-corrected chi connectivity index (χ3v) is 2.58. The highest BCUT2D eigenvalue weighted by molar-refractivity contribution is 9.10. The third kappa shape index (κ3) is 2.72. The van der Waals surface area contributed by atoms with E-state index in [0.29, 0.717) is 0 Å². The predicted octanol–water partition coefficient (Wildman–Crippen LogP) is 3.23. The molecular weight excluding hydrogens is 296 g/mol. The second-order valence-electron chi connectivity index (χ2n) is 2.96. The van der Waals surface area contributed by atoms with Gasteiger partial charge in [0.15, 0.2) is 0 Å². The maximum absolute atomic E-state index is 12.9. The summed E-state index contributed by atoms with van der Waals surface area (Å²) in [5, 5.41) is 8.44. The normalized spacial score (nSPS) is 11.6. The molecule has 16 heavy (non-hydrogen) atoms. The fourth-order valence-electron chi connectivity index (χ4n) is 1.21. The first kappa shape index (κ1) is 13.0. The molecule has 0 heterocycles. The number of hydrogen-bond donors (Lipinski definition) is 1. The van der Waals surface area contributed by atoms with Gasteiger partial charge >= 0.3 is 12.1 Å². The number of carboxylic acid groups (broad SMARTS) is 1. The minimum absolute atomic E-state index is 0.478. The van der Waals surface area contributed by atoms with Crippen molar-refractivity contribution < 1.29 is 27.5 Å². The molecule has 88 valence electrons. The molecule has 0 spiro atoms. The van der Waals surface area contributed by atoms with Gasteiger partial charge in [-0.2, -0.15) is 13.2 Å². The summed E-state index contributed by atoms with van der Waals surface area (Å²) in [5.41, 5.74) is -1.76. The van der Waals surface area contributed by atoms with Gasteiger partial charge in [0, 0.05) is 0 Å². The van der Waals surface area contributed by atoms with Gasteiger partial charge in [-0.15, -0.1) is 0 Å². The van der Waals surface area contributed by atoms with Crippen LogP contribution in [0.1, 0.15) is 11.1 Å². The molecule has 0 aliphatic heterocycles. The smallest absolute Gasteiger partial charge is 0.417 e. The Hall–Kier alpha value is -1.11. The zero-order chi connectivity index (χ0) is 12.5. The third-order valence-electron chi connectivity index (χ3n) is 1.81. The fourth-order valence-corrected chi connectivity index (χ4v) is 1.82. The maximum atomic E-state index is 12.9. The quantitative estimate of drug-likeness (QED) is 0.852. The van der Waals surface area contributed by atoms with Crippen molar-refractivity contribution in [2.75, 3.05) is 0 Å². The molecule has 0 fully saturated rings. The Balaban J connectivity index is 3.39. The molecule has 7 heteroatoms. The Morgan fingerprint density at radius 1 is 1.38 bits per heavy atom. The lowest BCUT2D eigenvalue weighted by molar-refractivity contribution is -0.140. The Bertz CT molecular complexity index is 428. The topological polar surface area (TPSA) is 37.3 Å². The molecule has 0 amide bonds. The zero-order valence-electron chi connectivity index (χ0n) is 7.61. The van der Waals surface area contributed by atoms with Crippen molar-refractivity contribution in [2.45, 2.75) is 12.6 Å². The second-order valence-corrected chi connectivity index (χ2v) is 3.76. The molecule has 1 aromatic rings. The van der Waals surface area contributed by atoms with Gasteiger partial charge in [0.2, 0.25) is 0 Å². The van der Waals surface area contributed by atoms with Crippen molar-refractivity contribution in [1.29, 1.82) is 0 Å². The summed E-state index contributed by atoms with van der Waals surface area (Å²) < 4.78 is 49.8. The Kier molecular flexibility index (Phi) is 3.57. The van der Waals surface area contributed by atoms with Crippen LogP contribution >= 0.6 is 15.9 Å². The van der Waals surface area contributed by atoms with E-state index in [1.54, 1.807) is 0 Å². The molecule has 0 aliphatic carbocycles. The molecule has 1 rings (SSSR count). The molecule has 1 N–H and O–H groups in total. The molecular formula is C9H5BrF4O2. The lowest BCUT2D eigenvalue weighted by atomic mass is 10.0. The van der Waals surface area contributed by atoms with Crippen molar-refractivity contribution in [2.24, 2.45) is 0 Å². The highest BCUT2D eigenvalue weighted by Gasteiger charge is 2.37. The number of alkyl halides is 3. The summed E-state index contributed by atoms with van der Waals surface area (Å²) >= 11 is 2.47. The number of hydrogen-bond acceptors (Lipinski definition) is 1.